The first-order chi connectivity index (χ1) is 12.0. The van der Waals surface area contributed by atoms with Gasteiger partial charge in [-0.05, 0) is 44.0 Å². The molecule has 7 heteroatoms. The molecule has 0 saturated carbocycles. The average molecular weight is 345 g/mol. The van der Waals surface area contributed by atoms with Crippen molar-refractivity contribution >= 4 is 17.6 Å². The number of nitrogens with zero attached hydrogens (tertiary/aromatic N) is 2. The minimum Gasteiger partial charge on any atom is -0.482 e. The van der Waals surface area contributed by atoms with Gasteiger partial charge in [-0.15, -0.1) is 0 Å². The Kier molecular flexibility index (Phi) is 6.16. The maximum Gasteiger partial charge on any atom is 0.341 e. The monoisotopic (exact) mass is 345 g/mol. The maximum absolute atomic E-state index is 12.5. The van der Waals surface area contributed by atoms with Gasteiger partial charge >= 0.3 is 5.97 Å². The van der Waals surface area contributed by atoms with E-state index in [-0.39, 0.29) is 11.9 Å². The van der Waals surface area contributed by atoms with Gasteiger partial charge in [0.1, 0.15) is 5.75 Å². The maximum atomic E-state index is 12.5. The summed E-state index contributed by atoms with van der Waals surface area (Å²) in [5.74, 6) is -0.839. The largest absolute Gasteiger partial charge is 0.482 e. The summed E-state index contributed by atoms with van der Waals surface area (Å²) in [6.45, 7) is 5.69. The zero-order chi connectivity index (χ0) is 18.4. The van der Waals surface area contributed by atoms with Gasteiger partial charge in [-0.2, -0.15) is 5.10 Å². The summed E-state index contributed by atoms with van der Waals surface area (Å²) in [7, 11) is 0. The van der Waals surface area contributed by atoms with Crippen LogP contribution in [0.3, 0.4) is 0 Å². The molecule has 0 aliphatic carbocycles. The number of carboxylic acids is 1. The van der Waals surface area contributed by atoms with E-state index in [9.17, 15) is 9.59 Å². The fourth-order valence-electron chi connectivity index (χ4n) is 2.63. The van der Waals surface area contributed by atoms with Crippen LogP contribution < -0.4 is 10.1 Å². The number of aliphatic carboxylic acids is 1. The molecule has 0 spiro atoms. The highest BCUT2D eigenvalue weighted by molar-refractivity contribution is 6.04. The fourth-order valence-corrected chi connectivity index (χ4v) is 2.63. The van der Waals surface area contributed by atoms with E-state index in [2.05, 4.69) is 24.3 Å². The van der Waals surface area contributed by atoms with Crippen molar-refractivity contribution in [3.8, 4) is 5.75 Å². The first-order valence-corrected chi connectivity index (χ1v) is 8.26. The predicted octanol–water partition coefficient (Wildman–Crippen LogP) is 3.27. The van der Waals surface area contributed by atoms with Gasteiger partial charge in [0.05, 0.1) is 17.8 Å². The molecule has 2 rings (SSSR count). The fraction of sp³-hybridized carbons (Fsp3) is 0.389. The second-order valence-electron chi connectivity index (χ2n) is 5.72. The minimum atomic E-state index is -1.04. The normalized spacial score (nSPS) is 10.7. The van der Waals surface area contributed by atoms with Crippen LogP contribution in [0.4, 0.5) is 5.69 Å². The number of anilines is 1. The van der Waals surface area contributed by atoms with E-state index in [1.807, 2.05) is 11.6 Å². The van der Waals surface area contributed by atoms with Crippen LogP contribution in [0.15, 0.2) is 30.5 Å². The lowest BCUT2D eigenvalue weighted by atomic mass is 10.1. The van der Waals surface area contributed by atoms with Crippen LogP contribution in [0.5, 0.6) is 5.75 Å². The molecule has 0 radical (unpaired) electrons. The molecule has 1 amide bonds. The highest BCUT2D eigenvalue weighted by atomic mass is 16.5. The number of carbonyl (C=O) groups is 2. The summed E-state index contributed by atoms with van der Waals surface area (Å²) in [4.78, 5) is 23.0. The van der Waals surface area contributed by atoms with E-state index in [1.165, 1.54) is 0 Å². The Labute approximate surface area is 146 Å². The number of hydrogen-bond donors (Lipinski definition) is 2. The summed E-state index contributed by atoms with van der Waals surface area (Å²) >= 11 is 0. The molecule has 25 heavy (non-hydrogen) atoms. The number of carboxylic acid groups (broad SMARTS) is 1. The molecule has 2 N–H and O–H groups in total. The second-order valence-corrected chi connectivity index (χ2v) is 5.72. The lowest BCUT2D eigenvalue weighted by molar-refractivity contribution is -0.139. The summed E-state index contributed by atoms with van der Waals surface area (Å²) < 4.78 is 6.96. The van der Waals surface area contributed by atoms with Crippen LogP contribution in [-0.2, 0) is 4.79 Å². The van der Waals surface area contributed by atoms with E-state index in [1.54, 1.807) is 30.5 Å². The Morgan fingerprint density at radius 3 is 2.44 bits per heavy atom. The molecule has 1 aromatic heterocycles. The Hall–Kier alpha value is -2.83. The first-order valence-electron chi connectivity index (χ1n) is 8.26. The average Bonchev–Trinajstić information content (AvgIpc) is 2.97. The molecule has 0 fully saturated rings. The Bertz CT molecular complexity index is 733. The number of hydrogen-bond acceptors (Lipinski definition) is 4. The third-order valence-corrected chi connectivity index (χ3v) is 4.05. The van der Waals surface area contributed by atoms with Gasteiger partial charge in [-0.3, -0.25) is 9.48 Å². The molecular weight excluding hydrogens is 322 g/mol. The molecular formula is C18H23N3O4. The summed E-state index contributed by atoms with van der Waals surface area (Å²) in [6.07, 6.45) is 3.50. The molecule has 2 aromatic rings. The number of carbonyl (C=O) groups excluding carboxylic acids is 1. The SMILES string of the molecule is CCC(CC)n1ncc(C(=O)Nc2ccc(OCC(=O)O)cc2)c1C. The van der Waals surface area contributed by atoms with Crippen molar-refractivity contribution in [2.75, 3.05) is 11.9 Å². The van der Waals surface area contributed by atoms with Crippen LogP contribution in [0.2, 0.25) is 0 Å². The molecule has 1 heterocycles. The van der Waals surface area contributed by atoms with E-state index in [0.29, 0.717) is 17.0 Å². The smallest absolute Gasteiger partial charge is 0.341 e. The van der Waals surface area contributed by atoms with Crippen LogP contribution in [0.1, 0.15) is 48.8 Å². The van der Waals surface area contributed by atoms with Crippen LogP contribution in [0, 0.1) is 6.92 Å². The van der Waals surface area contributed by atoms with Gasteiger partial charge in [0.25, 0.3) is 5.91 Å². The van der Waals surface area contributed by atoms with Crippen molar-refractivity contribution in [1.29, 1.82) is 0 Å². The standard InChI is InChI=1S/C18H23N3O4/c1-4-14(5-2)21-12(3)16(10-19-21)18(24)20-13-6-8-15(9-7-13)25-11-17(22)23/h6-10,14H,4-5,11H2,1-3H3,(H,20,24)(H,22,23). The lowest BCUT2D eigenvalue weighted by Gasteiger charge is -2.15. The van der Waals surface area contributed by atoms with Gasteiger partial charge in [-0.25, -0.2) is 4.79 Å². The van der Waals surface area contributed by atoms with Crippen molar-refractivity contribution in [3.05, 3.63) is 41.7 Å². The van der Waals surface area contributed by atoms with Crippen molar-refractivity contribution < 1.29 is 19.4 Å². The van der Waals surface area contributed by atoms with E-state index < -0.39 is 12.6 Å². The third-order valence-electron chi connectivity index (χ3n) is 4.05. The Morgan fingerprint density at radius 2 is 1.88 bits per heavy atom. The quantitative estimate of drug-likeness (QED) is 0.766. The van der Waals surface area contributed by atoms with Crippen molar-refractivity contribution in [3.63, 3.8) is 0 Å². The van der Waals surface area contributed by atoms with E-state index >= 15 is 0 Å². The van der Waals surface area contributed by atoms with E-state index in [0.717, 1.165) is 18.5 Å². The van der Waals surface area contributed by atoms with Gasteiger partial charge in [-0.1, -0.05) is 13.8 Å². The predicted molar refractivity (Wildman–Crippen MR) is 94.1 cm³/mol. The molecule has 0 aliphatic rings. The molecule has 1 aromatic carbocycles. The van der Waals surface area contributed by atoms with Crippen molar-refractivity contribution in [2.24, 2.45) is 0 Å². The van der Waals surface area contributed by atoms with Crippen LogP contribution in [-0.4, -0.2) is 33.4 Å². The zero-order valence-electron chi connectivity index (χ0n) is 14.7. The highest BCUT2D eigenvalue weighted by Crippen LogP contribution is 2.21. The summed E-state index contributed by atoms with van der Waals surface area (Å²) in [6, 6.07) is 6.83. The Morgan fingerprint density at radius 1 is 1.24 bits per heavy atom. The molecule has 0 unspecified atom stereocenters. The number of nitrogens with one attached hydrogen (secondary N) is 1. The number of aromatic nitrogens is 2. The molecule has 0 atom stereocenters. The third kappa shape index (κ3) is 4.59. The molecule has 0 saturated heterocycles. The number of amides is 1. The van der Waals surface area contributed by atoms with Gasteiger partial charge in [0.2, 0.25) is 0 Å². The van der Waals surface area contributed by atoms with Crippen molar-refractivity contribution in [1.82, 2.24) is 9.78 Å². The minimum absolute atomic E-state index is 0.228. The van der Waals surface area contributed by atoms with Gasteiger partial charge < -0.3 is 15.2 Å². The van der Waals surface area contributed by atoms with Crippen molar-refractivity contribution in [2.45, 2.75) is 39.7 Å². The number of ether oxygens (including phenoxy) is 1. The highest BCUT2D eigenvalue weighted by Gasteiger charge is 2.18. The zero-order valence-corrected chi connectivity index (χ0v) is 14.7. The molecule has 0 aliphatic heterocycles. The second kappa shape index (κ2) is 8.32. The Balaban J connectivity index is 2.06. The molecule has 0 bridgehead atoms. The number of benzene rings is 1. The number of rotatable bonds is 8. The summed E-state index contributed by atoms with van der Waals surface area (Å²) in [5.41, 5.74) is 1.98. The van der Waals surface area contributed by atoms with E-state index in [4.69, 9.17) is 9.84 Å². The van der Waals surface area contributed by atoms with Gasteiger partial charge in [0.15, 0.2) is 6.61 Å². The lowest BCUT2D eigenvalue weighted by Crippen LogP contribution is -2.15. The topological polar surface area (TPSA) is 93.5 Å². The summed E-state index contributed by atoms with van der Waals surface area (Å²) in [5, 5.41) is 15.8. The van der Waals surface area contributed by atoms with Crippen LogP contribution >= 0.6 is 0 Å². The molecule has 7 nitrogen and oxygen atoms in total. The van der Waals surface area contributed by atoms with Gasteiger partial charge in [0, 0.05) is 11.4 Å². The van der Waals surface area contributed by atoms with Crippen LogP contribution in [0.25, 0.3) is 0 Å². The first kappa shape index (κ1) is 18.5. The molecule has 134 valence electrons.